The highest BCUT2D eigenvalue weighted by molar-refractivity contribution is 5.96. The Labute approximate surface area is 118 Å². The van der Waals surface area contributed by atoms with E-state index in [1.807, 2.05) is 44.2 Å². The smallest absolute Gasteiger partial charge is 0.307 e. The molecule has 1 aromatic rings. The van der Waals surface area contributed by atoms with Gasteiger partial charge in [-0.25, -0.2) is 0 Å². The van der Waals surface area contributed by atoms with Crippen LogP contribution in [0.1, 0.15) is 24.0 Å². The number of hydrogen-bond acceptors (Lipinski definition) is 2. The molecule has 2 atom stereocenters. The van der Waals surface area contributed by atoms with Gasteiger partial charge in [0.15, 0.2) is 0 Å². The van der Waals surface area contributed by atoms with E-state index in [2.05, 4.69) is 5.32 Å². The zero-order valence-electron chi connectivity index (χ0n) is 11.7. The topological polar surface area (TPSA) is 66.4 Å². The normalized spacial score (nSPS) is 21.5. The van der Waals surface area contributed by atoms with Crippen molar-refractivity contribution in [2.24, 2.45) is 11.8 Å². The summed E-state index contributed by atoms with van der Waals surface area (Å²) >= 11 is 0. The van der Waals surface area contributed by atoms with Crippen LogP contribution >= 0.6 is 0 Å². The Bertz CT molecular complexity index is 563. The van der Waals surface area contributed by atoms with Gasteiger partial charge in [0, 0.05) is 5.69 Å². The van der Waals surface area contributed by atoms with Crippen molar-refractivity contribution < 1.29 is 14.7 Å². The molecule has 0 bridgehead atoms. The monoisotopic (exact) mass is 273 g/mol. The molecular formula is C16H19NO3. The summed E-state index contributed by atoms with van der Waals surface area (Å²) in [5.41, 5.74) is 2.79. The van der Waals surface area contributed by atoms with E-state index in [4.69, 9.17) is 0 Å². The molecule has 0 radical (unpaired) electrons. The number of carboxylic acid groups (broad SMARTS) is 1. The maximum Gasteiger partial charge on any atom is 0.307 e. The number of allylic oxidation sites excluding steroid dienone is 2. The molecule has 0 saturated heterocycles. The third-order valence-corrected chi connectivity index (χ3v) is 3.74. The molecule has 0 spiro atoms. The van der Waals surface area contributed by atoms with Crippen LogP contribution in [0, 0.1) is 25.7 Å². The predicted molar refractivity (Wildman–Crippen MR) is 77.5 cm³/mol. The van der Waals surface area contributed by atoms with Crippen molar-refractivity contribution in [3.05, 3.63) is 41.5 Å². The van der Waals surface area contributed by atoms with Crippen molar-refractivity contribution in [1.29, 1.82) is 0 Å². The molecule has 0 saturated carbocycles. The summed E-state index contributed by atoms with van der Waals surface area (Å²) in [6, 6.07) is 5.83. The summed E-state index contributed by atoms with van der Waals surface area (Å²) in [6.07, 6.45) is 4.61. The summed E-state index contributed by atoms with van der Waals surface area (Å²) in [6.45, 7) is 3.88. The van der Waals surface area contributed by atoms with Gasteiger partial charge in [-0.05, 0) is 43.9 Å². The summed E-state index contributed by atoms with van der Waals surface area (Å²) in [5, 5.41) is 12.1. The molecule has 0 aliphatic heterocycles. The van der Waals surface area contributed by atoms with Gasteiger partial charge in [0.25, 0.3) is 0 Å². The van der Waals surface area contributed by atoms with Crippen molar-refractivity contribution in [3.63, 3.8) is 0 Å². The van der Waals surface area contributed by atoms with Gasteiger partial charge in [0.05, 0.1) is 11.8 Å². The standard InChI is InChI=1S/C16H19NO3/c1-10-7-8-11(2)14(9-10)17-15(18)12-5-3-4-6-13(12)16(19)20/h3-4,7-9,12-13H,5-6H2,1-2H3,(H,17,18)(H,19,20)/t12-,13-/m0/s1. The number of aryl methyl sites for hydroxylation is 2. The van der Waals surface area contributed by atoms with Gasteiger partial charge >= 0.3 is 5.97 Å². The lowest BCUT2D eigenvalue weighted by Gasteiger charge is -2.24. The first kappa shape index (κ1) is 14.3. The lowest BCUT2D eigenvalue weighted by molar-refractivity contribution is -0.146. The van der Waals surface area contributed by atoms with Crippen LogP contribution in [0.25, 0.3) is 0 Å². The summed E-state index contributed by atoms with van der Waals surface area (Å²) in [4.78, 5) is 23.6. The van der Waals surface area contributed by atoms with E-state index in [0.29, 0.717) is 12.8 Å². The maximum atomic E-state index is 12.3. The molecule has 1 aliphatic rings. The Morgan fingerprint density at radius 3 is 2.45 bits per heavy atom. The number of carbonyl (C=O) groups is 2. The van der Waals surface area contributed by atoms with Crippen LogP contribution in [0.15, 0.2) is 30.4 Å². The van der Waals surface area contributed by atoms with E-state index < -0.39 is 17.8 Å². The highest BCUT2D eigenvalue weighted by Gasteiger charge is 2.34. The number of anilines is 1. The third-order valence-electron chi connectivity index (χ3n) is 3.74. The van der Waals surface area contributed by atoms with Gasteiger partial charge in [-0.3, -0.25) is 9.59 Å². The van der Waals surface area contributed by atoms with E-state index in [-0.39, 0.29) is 5.91 Å². The largest absolute Gasteiger partial charge is 0.481 e. The van der Waals surface area contributed by atoms with Crippen LogP contribution in [-0.4, -0.2) is 17.0 Å². The van der Waals surface area contributed by atoms with Crippen LogP contribution in [0.3, 0.4) is 0 Å². The predicted octanol–water partition coefficient (Wildman–Crippen LogP) is 2.91. The molecule has 0 fully saturated rings. The van der Waals surface area contributed by atoms with Crippen LogP contribution in [0.2, 0.25) is 0 Å². The highest BCUT2D eigenvalue weighted by atomic mass is 16.4. The van der Waals surface area contributed by atoms with Crippen molar-refractivity contribution in [2.75, 3.05) is 5.32 Å². The molecule has 106 valence electrons. The average molecular weight is 273 g/mol. The van der Waals surface area contributed by atoms with Crippen LogP contribution < -0.4 is 5.32 Å². The van der Waals surface area contributed by atoms with Crippen molar-refractivity contribution in [1.82, 2.24) is 0 Å². The van der Waals surface area contributed by atoms with E-state index in [1.54, 1.807) is 0 Å². The molecule has 0 heterocycles. The molecule has 0 unspecified atom stereocenters. The van der Waals surface area contributed by atoms with Gasteiger partial charge in [0.2, 0.25) is 5.91 Å². The van der Waals surface area contributed by atoms with Crippen molar-refractivity contribution >= 4 is 17.6 Å². The van der Waals surface area contributed by atoms with Crippen LogP contribution in [0.5, 0.6) is 0 Å². The second-order valence-corrected chi connectivity index (χ2v) is 5.30. The number of benzene rings is 1. The first-order chi connectivity index (χ1) is 9.49. The Morgan fingerprint density at radius 1 is 1.15 bits per heavy atom. The average Bonchev–Trinajstić information content (AvgIpc) is 2.42. The van der Waals surface area contributed by atoms with Gasteiger partial charge in [-0.15, -0.1) is 0 Å². The first-order valence-corrected chi connectivity index (χ1v) is 6.75. The number of aliphatic carboxylic acids is 1. The van der Waals surface area contributed by atoms with Crippen molar-refractivity contribution in [2.45, 2.75) is 26.7 Å². The first-order valence-electron chi connectivity index (χ1n) is 6.75. The number of amides is 1. The van der Waals surface area contributed by atoms with E-state index in [9.17, 15) is 14.7 Å². The van der Waals surface area contributed by atoms with Crippen LogP contribution in [0.4, 0.5) is 5.69 Å². The molecule has 0 aromatic heterocycles. The van der Waals surface area contributed by atoms with Gasteiger partial charge < -0.3 is 10.4 Å². The fourth-order valence-corrected chi connectivity index (χ4v) is 2.47. The third kappa shape index (κ3) is 3.07. The second kappa shape index (κ2) is 5.90. The Kier molecular flexibility index (Phi) is 4.23. The van der Waals surface area contributed by atoms with Crippen LogP contribution in [-0.2, 0) is 9.59 Å². The lowest BCUT2D eigenvalue weighted by Crippen LogP contribution is -2.34. The quantitative estimate of drug-likeness (QED) is 0.832. The number of rotatable bonds is 3. The SMILES string of the molecule is Cc1ccc(C)c(NC(=O)[C@H]2CC=CC[C@@H]2C(=O)O)c1. The minimum atomic E-state index is -0.907. The number of carboxylic acids is 1. The number of hydrogen-bond donors (Lipinski definition) is 2. The van der Waals surface area contributed by atoms with E-state index >= 15 is 0 Å². The van der Waals surface area contributed by atoms with E-state index in [0.717, 1.165) is 16.8 Å². The fraction of sp³-hybridized carbons (Fsp3) is 0.375. The second-order valence-electron chi connectivity index (χ2n) is 5.30. The van der Waals surface area contributed by atoms with Gasteiger partial charge in [-0.1, -0.05) is 24.3 Å². The minimum Gasteiger partial charge on any atom is -0.481 e. The zero-order valence-corrected chi connectivity index (χ0v) is 11.7. The van der Waals surface area contributed by atoms with Gasteiger partial charge in [0.1, 0.15) is 0 Å². The van der Waals surface area contributed by atoms with E-state index in [1.165, 1.54) is 0 Å². The number of nitrogens with one attached hydrogen (secondary N) is 1. The molecule has 1 amide bonds. The Morgan fingerprint density at radius 2 is 1.80 bits per heavy atom. The van der Waals surface area contributed by atoms with Crippen molar-refractivity contribution in [3.8, 4) is 0 Å². The molecule has 4 heteroatoms. The molecule has 2 N–H and O–H groups in total. The maximum absolute atomic E-state index is 12.3. The Hall–Kier alpha value is -2.10. The molecular weight excluding hydrogens is 254 g/mol. The molecule has 1 aliphatic carbocycles. The number of carbonyl (C=O) groups excluding carboxylic acids is 1. The summed E-state index contributed by atoms with van der Waals surface area (Å²) < 4.78 is 0. The summed E-state index contributed by atoms with van der Waals surface area (Å²) in [7, 11) is 0. The Balaban J connectivity index is 2.16. The molecule has 2 rings (SSSR count). The zero-order chi connectivity index (χ0) is 14.7. The minimum absolute atomic E-state index is 0.213. The molecule has 1 aromatic carbocycles. The molecule has 20 heavy (non-hydrogen) atoms. The highest BCUT2D eigenvalue weighted by Crippen LogP contribution is 2.28. The fourth-order valence-electron chi connectivity index (χ4n) is 2.47. The summed E-state index contributed by atoms with van der Waals surface area (Å²) in [5.74, 6) is -2.26. The van der Waals surface area contributed by atoms with Gasteiger partial charge in [-0.2, -0.15) is 0 Å². The molecule has 4 nitrogen and oxygen atoms in total. The lowest BCUT2D eigenvalue weighted by atomic mass is 9.82.